The Labute approximate surface area is 224 Å². The molecule has 4 rings (SSSR count). The number of methoxy groups -OCH3 is 1. The van der Waals surface area contributed by atoms with Crippen LogP contribution in [0.2, 0.25) is 0 Å². The van der Waals surface area contributed by atoms with E-state index in [0.717, 1.165) is 11.1 Å². The number of benzene rings is 2. The first-order valence-corrected chi connectivity index (χ1v) is 12.8. The monoisotopic (exact) mass is 547 g/mol. The van der Waals surface area contributed by atoms with Crippen LogP contribution in [0.5, 0.6) is 11.5 Å². The first-order valence-electron chi connectivity index (χ1n) is 10.8. The van der Waals surface area contributed by atoms with Gasteiger partial charge in [0, 0.05) is 0 Å². The summed E-state index contributed by atoms with van der Waals surface area (Å²) in [7, 11) is 1.50. The Kier molecular flexibility index (Phi) is 7.62. The Bertz CT molecular complexity index is 1240. The van der Waals surface area contributed by atoms with E-state index >= 15 is 0 Å². The topological polar surface area (TPSA) is 55.8 Å². The number of thioether (sulfide) groups is 1. The SMILES string of the molecule is COc1cc(C=C2SC(=S)N(Cc3ccccc3)C2=O)ccc1OC(=O)C1C(C=C(Cl)Cl)C1(C)C. The molecule has 1 heterocycles. The number of carbonyl (C=O) groups excluding carboxylic acids is 2. The van der Waals surface area contributed by atoms with Crippen LogP contribution in [0.25, 0.3) is 6.08 Å². The van der Waals surface area contributed by atoms with E-state index in [-0.39, 0.29) is 33.6 Å². The molecule has 0 N–H and O–H groups in total. The highest BCUT2D eigenvalue weighted by Gasteiger charge is 2.61. The third-order valence-electron chi connectivity index (χ3n) is 6.22. The normalized spacial score (nSPS) is 21.7. The molecular weight excluding hydrogens is 525 g/mol. The molecule has 2 unspecified atom stereocenters. The van der Waals surface area contributed by atoms with Crippen molar-refractivity contribution >= 4 is 69.5 Å². The second-order valence-electron chi connectivity index (χ2n) is 8.87. The number of carbonyl (C=O) groups is 2. The quantitative estimate of drug-likeness (QED) is 0.168. The van der Waals surface area contributed by atoms with Gasteiger partial charge in [-0.1, -0.05) is 97.4 Å². The molecule has 2 aromatic carbocycles. The number of ether oxygens (including phenoxy) is 2. The van der Waals surface area contributed by atoms with Gasteiger partial charge in [0.1, 0.15) is 8.81 Å². The van der Waals surface area contributed by atoms with Crippen LogP contribution >= 0.6 is 47.2 Å². The molecule has 2 fully saturated rings. The minimum absolute atomic E-state index is 0.0944. The van der Waals surface area contributed by atoms with Crippen molar-refractivity contribution in [2.45, 2.75) is 20.4 Å². The Morgan fingerprint density at radius 1 is 1.17 bits per heavy atom. The van der Waals surface area contributed by atoms with E-state index in [1.54, 1.807) is 35.3 Å². The fourth-order valence-corrected chi connectivity index (χ4v) is 5.69. The molecular formula is C26H23Cl2NO4S2. The average molecular weight is 549 g/mol. The van der Waals surface area contributed by atoms with Crippen molar-refractivity contribution in [1.29, 1.82) is 0 Å². The minimum Gasteiger partial charge on any atom is -0.493 e. The van der Waals surface area contributed by atoms with E-state index in [9.17, 15) is 9.59 Å². The molecule has 0 bridgehead atoms. The molecule has 2 aromatic rings. The molecule has 0 aromatic heterocycles. The number of esters is 1. The van der Waals surface area contributed by atoms with Crippen molar-refractivity contribution in [2.24, 2.45) is 17.3 Å². The molecule has 1 saturated carbocycles. The van der Waals surface area contributed by atoms with Gasteiger partial charge >= 0.3 is 5.97 Å². The van der Waals surface area contributed by atoms with E-state index < -0.39 is 0 Å². The van der Waals surface area contributed by atoms with Gasteiger partial charge in [-0.3, -0.25) is 14.5 Å². The third kappa shape index (κ3) is 5.59. The van der Waals surface area contributed by atoms with E-state index in [0.29, 0.717) is 27.3 Å². The maximum Gasteiger partial charge on any atom is 0.315 e. The summed E-state index contributed by atoms with van der Waals surface area (Å²) in [5, 5.41) is 0. The summed E-state index contributed by atoms with van der Waals surface area (Å²) in [4.78, 5) is 27.9. The van der Waals surface area contributed by atoms with Crippen LogP contribution in [-0.4, -0.2) is 28.2 Å². The van der Waals surface area contributed by atoms with E-state index in [1.165, 1.54) is 18.9 Å². The van der Waals surface area contributed by atoms with Crippen LogP contribution in [0, 0.1) is 17.3 Å². The van der Waals surface area contributed by atoms with Gasteiger partial charge in [0.25, 0.3) is 5.91 Å². The largest absolute Gasteiger partial charge is 0.493 e. The zero-order valence-corrected chi connectivity index (χ0v) is 22.4. The Hall–Kier alpha value is -2.32. The van der Waals surface area contributed by atoms with E-state index in [4.69, 9.17) is 44.9 Å². The van der Waals surface area contributed by atoms with E-state index in [1.807, 2.05) is 44.2 Å². The number of amides is 1. The zero-order valence-electron chi connectivity index (χ0n) is 19.3. The maximum atomic E-state index is 13.0. The average Bonchev–Trinajstić information content (AvgIpc) is 3.25. The number of hydrogen-bond acceptors (Lipinski definition) is 6. The second kappa shape index (κ2) is 10.3. The van der Waals surface area contributed by atoms with Crippen molar-refractivity contribution in [2.75, 3.05) is 7.11 Å². The summed E-state index contributed by atoms with van der Waals surface area (Å²) in [6, 6.07) is 14.8. The van der Waals surface area contributed by atoms with Gasteiger partial charge in [0.05, 0.1) is 24.5 Å². The molecule has 1 aliphatic carbocycles. The first-order chi connectivity index (χ1) is 16.6. The number of nitrogens with zero attached hydrogens (tertiary/aromatic N) is 1. The van der Waals surface area contributed by atoms with Gasteiger partial charge in [0.15, 0.2) is 11.5 Å². The number of rotatable bonds is 7. The van der Waals surface area contributed by atoms with Crippen LogP contribution in [0.15, 0.2) is 64.0 Å². The van der Waals surface area contributed by atoms with Gasteiger partial charge in [-0.2, -0.15) is 0 Å². The third-order valence-corrected chi connectivity index (χ3v) is 7.85. The number of allylic oxidation sites excluding steroid dienone is 1. The predicted octanol–water partition coefficient (Wildman–Crippen LogP) is 6.59. The number of hydrogen-bond donors (Lipinski definition) is 0. The summed E-state index contributed by atoms with van der Waals surface area (Å²) < 4.78 is 11.8. The molecule has 1 saturated heterocycles. The second-order valence-corrected chi connectivity index (χ2v) is 11.5. The summed E-state index contributed by atoms with van der Waals surface area (Å²) >= 11 is 18.3. The smallest absolute Gasteiger partial charge is 0.315 e. The molecule has 9 heteroatoms. The van der Waals surface area contributed by atoms with Crippen LogP contribution in [-0.2, 0) is 16.1 Å². The van der Waals surface area contributed by atoms with Crippen LogP contribution in [0.4, 0.5) is 0 Å². The number of thiocarbonyl (C=S) groups is 1. The standard InChI is InChI=1S/C26H23Cl2NO4S2/c1-26(2)17(13-21(27)28)22(26)24(31)33-18-10-9-16(11-19(18)32-3)12-20-23(30)29(25(34)35-20)14-15-7-5-4-6-8-15/h4-13,17,22H,14H2,1-3H3. The zero-order chi connectivity index (χ0) is 25.3. The van der Waals surface area contributed by atoms with Crippen LogP contribution in [0.3, 0.4) is 0 Å². The summed E-state index contributed by atoms with van der Waals surface area (Å²) in [6.07, 6.45) is 3.43. The van der Waals surface area contributed by atoms with Crippen molar-refractivity contribution in [3.8, 4) is 11.5 Å². The fourth-order valence-electron chi connectivity index (χ4n) is 4.16. The highest BCUT2D eigenvalue weighted by atomic mass is 35.5. The van der Waals surface area contributed by atoms with Crippen LogP contribution in [0.1, 0.15) is 25.0 Å². The van der Waals surface area contributed by atoms with Gasteiger partial charge in [0.2, 0.25) is 0 Å². The molecule has 0 spiro atoms. The summed E-state index contributed by atoms with van der Waals surface area (Å²) in [6.45, 7) is 4.35. The van der Waals surface area contributed by atoms with Gasteiger partial charge in [-0.15, -0.1) is 0 Å². The first kappa shape index (κ1) is 25.8. The number of halogens is 2. The molecule has 5 nitrogen and oxygen atoms in total. The molecule has 2 atom stereocenters. The predicted molar refractivity (Wildman–Crippen MR) is 144 cm³/mol. The lowest BCUT2D eigenvalue weighted by Gasteiger charge is -2.14. The maximum absolute atomic E-state index is 13.0. The fraction of sp³-hybridized carbons (Fsp3) is 0.269. The van der Waals surface area contributed by atoms with Gasteiger partial charge in [-0.25, -0.2) is 0 Å². The minimum atomic E-state index is -0.376. The van der Waals surface area contributed by atoms with E-state index in [2.05, 4.69) is 0 Å². The molecule has 1 aliphatic heterocycles. The molecule has 0 radical (unpaired) electrons. The lowest BCUT2D eigenvalue weighted by Crippen LogP contribution is -2.27. The molecule has 2 aliphatic rings. The summed E-state index contributed by atoms with van der Waals surface area (Å²) in [5.74, 6) is -0.292. The van der Waals surface area contributed by atoms with Gasteiger partial charge in [-0.05, 0) is 46.7 Å². The summed E-state index contributed by atoms with van der Waals surface area (Å²) in [5.41, 5.74) is 1.43. The van der Waals surface area contributed by atoms with Crippen molar-refractivity contribution in [3.05, 3.63) is 75.1 Å². The molecule has 182 valence electrons. The highest BCUT2D eigenvalue weighted by Crippen LogP contribution is 2.60. The molecule has 35 heavy (non-hydrogen) atoms. The van der Waals surface area contributed by atoms with Gasteiger partial charge < -0.3 is 9.47 Å². The highest BCUT2D eigenvalue weighted by molar-refractivity contribution is 8.26. The van der Waals surface area contributed by atoms with Crippen molar-refractivity contribution < 1.29 is 19.1 Å². The van der Waals surface area contributed by atoms with Crippen molar-refractivity contribution in [1.82, 2.24) is 4.90 Å². The molecule has 1 amide bonds. The Morgan fingerprint density at radius 2 is 1.89 bits per heavy atom. The lowest BCUT2D eigenvalue weighted by molar-refractivity contribution is -0.136. The van der Waals surface area contributed by atoms with Crippen molar-refractivity contribution in [3.63, 3.8) is 0 Å². The Balaban J connectivity index is 1.49. The van der Waals surface area contributed by atoms with Crippen LogP contribution < -0.4 is 9.47 Å². The lowest BCUT2D eigenvalue weighted by atomic mass is 10.1. The Morgan fingerprint density at radius 3 is 2.54 bits per heavy atom.